The predicted molar refractivity (Wildman–Crippen MR) is 125 cm³/mol. The topological polar surface area (TPSA) is 71.2 Å². The zero-order valence-corrected chi connectivity index (χ0v) is 19.6. The summed E-state index contributed by atoms with van der Waals surface area (Å²) >= 11 is 12.4. The van der Waals surface area contributed by atoms with Crippen molar-refractivity contribution < 1.29 is 14.3 Å². The van der Waals surface area contributed by atoms with Gasteiger partial charge in [0.05, 0.1) is 16.5 Å². The number of fused-ring (bicyclic) bond motifs is 1. The lowest BCUT2D eigenvalue weighted by Crippen LogP contribution is -2.26. The first-order valence-corrected chi connectivity index (χ1v) is 10.8. The van der Waals surface area contributed by atoms with E-state index >= 15 is 0 Å². The molecule has 0 fully saturated rings. The van der Waals surface area contributed by atoms with Crippen molar-refractivity contribution in [3.05, 3.63) is 68.8 Å². The van der Waals surface area contributed by atoms with Gasteiger partial charge in [-0.2, -0.15) is 0 Å². The molecule has 0 bridgehead atoms. The number of amides is 1. The van der Waals surface area contributed by atoms with Crippen LogP contribution < -0.4 is 5.32 Å². The number of aryl methyl sites for hydroxylation is 1. The summed E-state index contributed by atoms with van der Waals surface area (Å²) in [5.74, 6) is -0.440. The zero-order chi connectivity index (χ0) is 22.8. The fraction of sp³-hybridized carbons (Fsp3) is 0.333. The fourth-order valence-corrected chi connectivity index (χ4v) is 3.84. The molecule has 0 radical (unpaired) electrons. The van der Waals surface area contributed by atoms with Gasteiger partial charge in [-0.05, 0) is 62.9 Å². The molecule has 3 aromatic rings. The number of aromatic nitrogens is 1. The molecule has 31 heavy (non-hydrogen) atoms. The van der Waals surface area contributed by atoms with E-state index in [0.29, 0.717) is 28.7 Å². The lowest BCUT2D eigenvalue weighted by atomic mass is 10.1. The van der Waals surface area contributed by atoms with E-state index in [4.69, 9.17) is 27.9 Å². The van der Waals surface area contributed by atoms with Crippen molar-refractivity contribution in [3.63, 3.8) is 0 Å². The third-order valence-electron chi connectivity index (χ3n) is 4.82. The van der Waals surface area contributed by atoms with E-state index < -0.39 is 5.60 Å². The number of halogens is 2. The van der Waals surface area contributed by atoms with E-state index in [-0.39, 0.29) is 18.3 Å². The van der Waals surface area contributed by atoms with E-state index in [0.717, 1.165) is 27.6 Å². The maximum absolute atomic E-state index is 12.6. The first-order chi connectivity index (χ1) is 14.5. The molecular formula is C24H26Cl2N2O3. The Morgan fingerprint density at radius 2 is 1.68 bits per heavy atom. The largest absolute Gasteiger partial charge is 0.460 e. The van der Waals surface area contributed by atoms with E-state index in [1.165, 1.54) is 0 Å². The number of hydrogen-bond donors (Lipinski definition) is 2. The number of esters is 1. The number of benzene rings is 2. The molecule has 0 atom stereocenters. The summed E-state index contributed by atoms with van der Waals surface area (Å²) in [4.78, 5) is 27.7. The Morgan fingerprint density at radius 3 is 2.32 bits per heavy atom. The molecule has 0 spiro atoms. The molecule has 0 saturated carbocycles. The zero-order valence-electron chi connectivity index (χ0n) is 18.1. The van der Waals surface area contributed by atoms with Crippen molar-refractivity contribution in [1.29, 1.82) is 0 Å². The molecule has 0 saturated heterocycles. The van der Waals surface area contributed by atoms with Crippen LogP contribution in [0.25, 0.3) is 10.9 Å². The van der Waals surface area contributed by atoms with Crippen LogP contribution in [0.1, 0.15) is 48.0 Å². The van der Waals surface area contributed by atoms with Crippen LogP contribution in [0.4, 0.5) is 0 Å². The van der Waals surface area contributed by atoms with Crippen LogP contribution in [0.2, 0.25) is 10.0 Å². The van der Waals surface area contributed by atoms with Crippen molar-refractivity contribution in [2.75, 3.05) is 6.54 Å². The summed E-state index contributed by atoms with van der Waals surface area (Å²) in [6.07, 6.45) is 0.908. The standard InChI is InChI=1S/C24H26Cl2N2O3/c1-14-20-18(10-9-17(25)21(20)26)28-22(14)23(30)27-12-11-15-5-7-16(8-6-15)13-19(29)31-24(2,3)4/h5-10,28H,11-13H2,1-4H3,(H,27,30). The van der Waals surface area contributed by atoms with Crippen molar-refractivity contribution >= 4 is 46.0 Å². The van der Waals surface area contributed by atoms with Crippen LogP contribution in [0.3, 0.4) is 0 Å². The summed E-state index contributed by atoms with van der Waals surface area (Å²) < 4.78 is 5.35. The minimum Gasteiger partial charge on any atom is -0.460 e. The normalized spacial score (nSPS) is 11.5. The van der Waals surface area contributed by atoms with Crippen LogP contribution in [-0.4, -0.2) is 29.0 Å². The quantitative estimate of drug-likeness (QED) is 0.467. The summed E-state index contributed by atoms with van der Waals surface area (Å²) in [7, 11) is 0. The fourth-order valence-electron chi connectivity index (χ4n) is 3.38. The van der Waals surface area contributed by atoms with E-state index in [1.807, 2.05) is 58.0 Å². The molecule has 0 aliphatic heterocycles. The molecule has 3 rings (SSSR count). The van der Waals surface area contributed by atoms with Gasteiger partial charge >= 0.3 is 5.97 Å². The highest BCUT2D eigenvalue weighted by Crippen LogP contribution is 2.34. The highest BCUT2D eigenvalue weighted by molar-refractivity contribution is 6.45. The molecular weight excluding hydrogens is 435 g/mol. The monoisotopic (exact) mass is 460 g/mol. The maximum Gasteiger partial charge on any atom is 0.310 e. The van der Waals surface area contributed by atoms with Gasteiger partial charge in [-0.15, -0.1) is 0 Å². The van der Waals surface area contributed by atoms with Crippen LogP contribution >= 0.6 is 23.2 Å². The summed E-state index contributed by atoms with van der Waals surface area (Å²) in [6, 6.07) is 11.3. The Balaban J connectivity index is 1.56. The molecule has 1 heterocycles. The Bertz CT molecular complexity index is 1110. The Morgan fingerprint density at radius 1 is 1.03 bits per heavy atom. The van der Waals surface area contributed by atoms with Gasteiger partial charge in [0.15, 0.2) is 0 Å². The Hall–Kier alpha value is -2.50. The number of carbonyl (C=O) groups is 2. The first-order valence-electron chi connectivity index (χ1n) is 10.1. The van der Waals surface area contributed by atoms with Crippen LogP contribution in [0.15, 0.2) is 36.4 Å². The number of carbonyl (C=O) groups excluding carboxylic acids is 2. The molecule has 0 unspecified atom stereocenters. The highest BCUT2D eigenvalue weighted by Gasteiger charge is 2.18. The van der Waals surface area contributed by atoms with Crippen LogP contribution in [0, 0.1) is 6.92 Å². The molecule has 1 amide bonds. The predicted octanol–water partition coefficient (Wildman–Crippen LogP) is 5.64. The van der Waals surface area contributed by atoms with Gasteiger partial charge in [0.25, 0.3) is 5.91 Å². The first kappa shape index (κ1) is 23.2. The molecule has 2 aromatic carbocycles. The van der Waals surface area contributed by atoms with E-state index in [1.54, 1.807) is 6.07 Å². The second-order valence-electron chi connectivity index (χ2n) is 8.49. The minimum absolute atomic E-state index is 0.192. The number of ether oxygens (including phenoxy) is 1. The van der Waals surface area contributed by atoms with Crippen molar-refractivity contribution in [2.45, 2.75) is 46.1 Å². The lowest BCUT2D eigenvalue weighted by molar-refractivity contribution is -0.153. The number of H-pyrrole nitrogens is 1. The van der Waals surface area contributed by atoms with Crippen molar-refractivity contribution in [1.82, 2.24) is 10.3 Å². The Labute approximate surface area is 192 Å². The van der Waals surface area contributed by atoms with Gasteiger partial charge in [0.1, 0.15) is 11.3 Å². The minimum atomic E-state index is -0.490. The van der Waals surface area contributed by atoms with Gasteiger partial charge < -0.3 is 15.0 Å². The van der Waals surface area contributed by atoms with Gasteiger partial charge in [-0.25, -0.2) is 0 Å². The average molecular weight is 461 g/mol. The molecule has 0 aliphatic carbocycles. The number of aromatic amines is 1. The van der Waals surface area contributed by atoms with Gasteiger partial charge in [-0.3, -0.25) is 9.59 Å². The maximum atomic E-state index is 12.6. The lowest BCUT2D eigenvalue weighted by Gasteiger charge is -2.19. The second kappa shape index (κ2) is 9.33. The highest BCUT2D eigenvalue weighted by atomic mass is 35.5. The van der Waals surface area contributed by atoms with Crippen LogP contribution in [0.5, 0.6) is 0 Å². The molecule has 5 nitrogen and oxygen atoms in total. The number of nitrogens with one attached hydrogen (secondary N) is 2. The molecule has 164 valence electrons. The average Bonchev–Trinajstić information content (AvgIpc) is 3.02. The van der Waals surface area contributed by atoms with Crippen molar-refractivity contribution in [3.8, 4) is 0 Å². The molecule has 2 N–H and O–H groups in total. The van der Waals surface area contributed by atoms with Crippen LogP contribution in [-0.2, 0) is 22.4 Å². The van der Waals surface area contributed by atoms with E-state index in [2.05, 4.69) is 10.3 Å². The van der Waals surface area contributed by atoms with Crippen molar-refractivity contribution in [2.24, 2.45) is 0 Å². The third kappa shape index (κ3) is 5.81. The van der Waals surface area contributed by atoms with Gasteiger partial charge in [0.2, 0.25) is 0 Å². The second-order valence-corrected chi connectivity index (χ2v) is 9.28. The molecule has 1 aromatic heterocycles. The molecule has 7 heteroatoms. The summed E-state index contributed by atoms with van der Waals surface area (Å²) in [6.45, 7) is 7.88. The van der Waals surface area contributed by atoms with Gasteiger partial charge in [0, 0.05) is 17.4 Å². The third-order valence-corrected chi connectivity index (χ3v) is 5.63. The SMILES string of the molecule is Cc1c(C(=O)NCCc2ccc(CC(=O)OC(C)(C)C)cc2)[nH]c2ccc(Cl)c(Cl)c12. The number of hydrogen-bond acceptors (Lipinski definition) is 3. The Kier molecular flexibility index (Phi) is 6.97. The summed E-state index contributed by atoms with van der Waals surface area (Å²) in [5, 5.41) is 4.60. The molecule has 0 aliphatic rings. The summed E-state index contributed by atoms with van der Waals surface area (Å²) in [5.41, 5.74) is 3.49. The number of rotatable bonds is 6. The smallest absolute Gasteiger partial charge is 0.310 e. The van der Waals surface area contributed by atoms with E-state index in [9.17, 15) is 9.59 Å². The van der Waals surface area contributed by atoms with Gasteiger partial charge in [-0.1, -0.05) is 47.5 Å².